The summed E-state index contributed by atoms with van der Waals surface area (Å²) in [6, 6.07) is 7.19. The first-order chi connectivity index (χ1) is 20.9. The lowest BCUT2D eigenvalue weighted by Crippen LogP contribution is -2.44. The second-order valence-corrected chi connectivity index (χ2v) is 13.0. The Bertz CT molecular complexity index is 1410. The first-order valence-electron chi connectivity index (χ1n) is 15.2. The highest BCUT2D eigenvalue weighted by atomic mass is 16.6. The maximum atomic E-state index is 14.3. The van der Waals surface area contributed by atoms with Gasteiger partial charge in [0.15, 0.2) is 0 Å². The Morgan fingerprint density at radius 3 is 2.45 bits per heavy atom. The number of morpholine rings is 1. The Labute approximate surface area is 258 Å². The molecule has 2 atom stereocenters. The Morgan fingerprint density at radius 1 is 1.16 bits per heavy atom. The van der Waals surface area contributed by atoms with E-state index in [0.29, 0.717) is 48.9 Å². The molecule has 236 valence electrons. The quantitative estimate of drug-likeness (QED) is 0.181. The van der Waals surface area contributed by atoms with E-state index in [4.69, 9.17) is 24.2 Å². The molecule has 1 aromatic heterocycles. The van der Waals surface area contributed by atoms with Crippen molar-refractivity contribution in [2.75, 3.05) is 42.5 Å². The smallest absolute Gasteiger partial charge is 0.308 e. The largest absolute Gasteiger partial charge is 0.469 e. The second kappa shape index (κ2) is 12.5. The number of carbonyl (C=O) groups excluding carboxylic acids is 3. The molecule has 12 nitrogen and oxygen atoms in total. The minimum absolute atomic E-state index is 0.0365. The lowest BCUT2D eigenvalue weighted by Gasteiger charge is -2.33. The van der Waals surface area contributed by atoms with E-state index >= 15 is 0 Å². The van der Waals surface area contributed by atoms with Gasteiger partial charge in [-0.15, -0.1) is 0 Å². The minimum atomic E-state index is -0.797. The zero-order chi connectivity index (χ0) is 31.6. The van der Waals surface area contributed by atoms with Crippen LogP contribution in [0.1, 0.15) is 71.2 Å². The summed E-state index contributed by atoms with van der Waals surface area (Å²) in [5, 5.41) is 0. The number of hydrogen-bond donors (Lipinski definition) is 0. The van der Waals surface area contributed by atoms with E-state index in [-0.39, 0.29) is 55.0 Å². The lowest BCUT2D eigenvalue weighted by molar-refractivity contribution is -0.155. The highest BCUT2D eigenvalue weighted by Gasteiger charge is 2.40. The van der Waals surface area contributed by atoms with Gasteiger partial charge in [-0.1, -0.05) is 12.1 Å². The number of ether oxygens (including phenoxy) is 3. The monoisotopic (exact) mass is 606 g/mol. The van der Waals surface area contributed by atoms with Crippen molar-refractivity contribution in [2.45, 2.75) is 84.2 Å². The molecule has 12 heteroatoms. The molecule has 3 aliphatic heterocycles. The van der Waals surface area contributed by atoms with Gasteiger partial charge >= 0.3 is 5.97 Å². The van der Waals surface area contributed by atoms with Gasteiger partial charge in [0, 0.05) is 37.4 Å². The van der Waals surface area contributed by atoms with E-state index in [9.17, 15) is 14.4 Å². The van der Waals surface area contributed by atoms with Gasteiger partial charge in [0.2, 0.25) is 18.2 Å². The summed E-state index contributed by atoms with van der Waals surface area (Å²) in [6.07, 6.45) is 4.41. The highest BCUT2D eigenvalue weighted by Crippen LogP contribution is 2.38. The predicted molar refractivity (Wildman–Crippen MR) is 166 cm³/mol. The van der Waals surface area contributed by atoms with Crippen molar-refractivity contribution in [3.05, 3.63) is 29.8 Å². The Kier molecular flexibility index (Phi) is 8.92. The maximum absolute atomic E-state index is 14.3. The standard InChI is InChI=1S/C32H42N6O6/c1-7-33-19-38(20-39)22-10-8-21(9-11-22)27-26-28(35-30(34-27)37-16-23-12-13-24(17-37)42-23)44-32(5,6)18-36(29(26)41)15-14-25(40)43-31(2,3)4/h8-11,19-20,23-24H,7,12-18H2,1-6H3. The van der Waals surface area contributed by atoms with Crippen molar-refractivity contribution in [1.82, 2.24) is 14.9 Å². The molecule has 2 fully saturated rings. The number of nitrogens with zero attached hydrogens (tertiary/aromatic N) is 6. The lowest BCUT2D eigenvalue weighted by atomic mass is 10.0. The summed E-state index contributed by atoms with van der Waals surface area (Å²) in [4.78, 5) is 57.6. The molecule has 0 radical (unpaired) electrons. The molecule has 44 heavy (non-hydrogen) atoms. The number of esters is 1. The van der Waals surface area contributed by atoms with Crippen molar-refractivity contribution >= 4 is 36.3 Å². The highest BCUT2D eigenvalue weighted by molar-refractivity contribution is 6.03. The molecule has 2 amide bonds. The van der Waals surface area contributed by atoms with Crippen LogP contribution in [-0.4, -0.2) is 95.6 Å². The summed E-state index contributed by atoms with van der Waals surface area (Å²) < 4.78 is 18.0. The van der Waals surface area contributed by atoms with Crippen LogP contribution in [0, 0.1) is 0 Å². The molecular weight excluding hydrogens is 564 g/mol. The average molecular weight is 607 g/mol. The minimum Gasteiger partial charge on any atom is -0.469 e. The number of amides is 2. The van der Waals surface area contributed by atoms with Crippen molar-refractivity contribution < 1.29 is 28.6 Å². The third-order valence-corrected chi connectivity index (χ3v) is 7.58. The number of aliphatic imine (C=N–C) groups is 1. The maximum Gasteiger partial charge on any atom is 0.308 e. The molecule has 4 heterocycles. The summed E-state index contributed by atoms with van der Waals surface area (Å²) in [7, 11) is 0. The summed E-state index contributed by atoms with van der Waals surface area (Å²) in [5.41, 5.74) is 0.502. The van der Waals surface area contributed by atoms with Crippen LogP contribution in [0.25, 0.3) is 11.3 Å². The van der Waals surface area contributed by atoms with Crippen molar-refractivity contribution in [1.29, 1.82) is 0 Å². The van der Waals surface area contributed by atoms with Gasteiger partial charge in [-0.05, 0) is 66.5 Å². The van der Waals surface area contributed by atoms with E-state index in [1.54, 1.807) is 17.0 Å². The molecule has 0 spiro atoms. The molecule has 0 N–H and O–H groups in total. The molecule has 2 unspecified atom stereocenters. The molecule has 0 saturated carbocycles. The fourth-order valence-electron chi connectivity index (χ4n) is 5.72. The van der Waals surface area contributed by atoms with Crippen LogP contribution in [0.3, 0.4) is 0 Å². The van der Waals surface area contributed by atoms with E-state index in [1.807, 2.05) is 53.7 Å². The summed E-state index contributed by atoms with van der Waals surface area (Å²) >= 11 is 0. The first kappa shape index (κ1) is 31.4. The predicted octanol–water partition coefficient (Wildman–Crippen LogP) is 3.87. The number of hydrogen-bond acceptors (Lipinski definition) is 10. The Balaban J connectivity index is 1.55. The van der Waals surface area contributed by atoms with Crippen LogP contribution in [0.15, 0.2) is 29.3 Å². The fourth-order valence-corrected chi connectivity index (χ4v) is 5.72. The molecule has 2 saturated heterocycles. The van der Waals surface area contributed by atoms with Crippen LogP contribution in [-0.2, 0) is 19.1 Å². The van der Waals surface area contributed by atoms with Gasteiger partial charge in [0.1, 0.15) is 16.8 Å². The van der Waals surface area contributed by atoms with Gasteiger partial charge in [-0.25, -0.2) is 4.98 Å². The average Bonchev–Trinajstić information content (AvgIpc) is 3.26. The number of anilines is 2. The van der Waals surface area contributed by atoms with E-state index in [2.05, 4.69) is 9.89 Å². The zero-order valence-electron chi connectivity index (χ0n) is 26.4. The summed E-state index contributed by atoms with van der Waals surface area (Å²) in [6.45, 7) is 13.4. The number of fused-ring (bicyclic) bond motifs is 3. The van der Waals surface area contributed by atoms with E-state index in [0.717, 1.165) is 12.8 Å². The van der Waals surface area contributed by atoms with E-state index < -0.39 is 11.2 Å². The number of benzene rings is 1. The number of aromatic nitrogens is 2. The van der Waals surface area contributed by atoms with Crippen LogP contribution in [0.4, 0.5) is 11.6 Å². The van der Waals surface area contributed by atoms with Crippen LogP contribution in [0.5, 0.6) is 5.88 Å². The van der Waals surface area contributed by atoms with Crippen molar-refractivity contribution in [3.63, 3.8) is 0 Å². The SMILES string of the molecule is CCN=CN(C=O)c1ccc(-c2nc(N3CC4CCC(C3)O4)nc3c2C(=O)N(CCC(=O)OC(C)(C)C)CC(C)(C)O3)cc1. The Hall–Kier alpha value is -4.06. The van der Waals surface area contributed by atoms with Gasteiger partial charge in [-0.3, -0.25) is 24.3 Å². The van der Waals surface area contributed by atoms with Gasteiger partial charge in [-0.2, -0.15) is 4.98 Å². The molecule has 3 aliphatic rings. The normalized spacial score (nSPS) is 21.1. The number of carbonyl (C=O) groups is 3. The molecule has 0 aliphatic carbocycles. The van der Waals surface area contributed by atoms with Crippen LogP contribution < -0.4 is 14.5 Å². The summed E-state index contributed by atoms with van der Waals surface area (Å²) in [5.74, 6) is -0.0405. The van der Waals surface area contributed by atoms with Gasteiger partial charge < -0.3 is 24.0 Å². The zero-order valence-corrected chi connectivity index (χ0v) is 26.4. The Morgan fingerprint density at radius 2 is 1.84 bits per heavy atom. The van der Waals surface area contributed by atoms with Crippen molar-refractivity contribution in [3.8, 4) is 17.1 Å². The second-order valence-electron chi connectivity index (χ2n) is 13.0. The van der Waals surface area contributed by atoms with Crippen LogP contribution >= 0.6 is 0 Å². The molecule has 5 rings (SSSR count). The molecule has 2 bridgehead atoms. The first-order valence-corrected chi connectivity index (χ1v) is 15.2. The third kappa shape index (κ3) is 7.18. The topological polar surface area (TPSA) is 127 Å². The molecular formula is C32H42N6O6. The van der Waals surface area contributed by atoms with Crippen molar-refractivity contribution in [2.24, 2.45) is 4.99 Å². The molecule has 1 aromatic carbocycles. The fraction of sp³-hybridized carbons (Fsp3) is 0.562. The van der Waals surface area contributed by atoms with Crippen LogP contribution in [0.2, 0.25) is 0 Å². The van der Waals surface area contributed by atoms with Gasteiger partial charge in [0.25, 0.3) is 5.91 Å². The number of rotatable bonds is 9. The van der Waals surface area contributed by atoms with Gasteiger partial charge in [0.05, 0.1) is 37.2 Å². The molecule has 2 aromatic rings. The third-order valence-electron chi connectivity index (χ3n) is 7.58. The van der Waals surface area contributed by atoms with E-state index in [1.165, 1.54) is 11.2 Å².